The number of piperidine rings is 1. The molecule has 1 aliphatic heterocycles. The molecule has 0 N–H and O–H groups in total. The highest BCUT2D eigenvalue weighted by molar-refractivity contribution is 5.98. The van der Waals surface area contributed by atoms with Gasteiger partial charge in [0, 0.05) is 29.9 Å². The van der Waals surface area contributed by atoms with Crippen molar-refractivity contribution in [3.63, 3.8) is 0 Å². The molecule has 5 heteroatoms. The number of methoxy groups -OCH3 is 1. The second kappa shape index (κ2) is 5.82. The summed E-state index contributed by atoms with van der Waals surface area (Å²) in [5, 5.41) is 1.84. The van der Waals surface area contributed by atoms with Crippen LogP contribution < -0.4 is 4.74 Å². The van der Waals surface area contributed by atoms with Crippen molar-refractivity contribution in [1.29, 1.82) is 0 Å². The summed E-state index contributed by atoms with van der Waals surface area (Å²) in [5.41, 5.74) is 1.28. The van der Waals surface area contributed by atoms with E-state index < -0.39 is 0 Å². The molecule has 5 nitrogen and oxygen atoms in total. The van der Waals surface area contributed by atoms with Gasteiger partial charge in [-0.15, -0.1) is 0 Å². The van der Waals surface area contributed by atoms with E-state index in [-0.39, 0.29) is 5.91 Å². The van der Waals surface area contributed by atoms with Crippen LogP contribution in [0.5, 0.6) is 5.75 Å². The van der Waals surface area contributed by atoms with E-state index in [1.165, 1.54) is 6.42 Å². The van der Waals surface area contributed by atoms with E-state index >= 15 is 0 Å². The number of aromatic nitrogens is 1. The molecule has 1 aromatic carbocycles. The lowest BCUT2D eigenvalue weighted by Crippen LogP contribution is -2.38. The molecule has 0 aliphatic carbocycles. The molecule has 1 atom stereocenters. The summed E-state index contributed by atoms with van der Waals surface area (Å²) >= 11 is 0. The second-order valence-electron chi connectivity index (χ2n) is 6.55. The third-order valence-corrected chi connectivity index (χ3v) is 4.67. The Labute approximate surface area is 140 Å². The maximum absolute atomic E-state index is 12.7. The number of rotatable bonds is 2. The van der Waals surface area contributed by atoms with Crippen molar-refractivity contribution in [2.24, 2.45) is 5.92 Å². The van der Waals surface area contributed by atoms with Crippen molar-refractivity contribution < 1.29 is 13.9 Å². The van der Waals surface area contributed by atoms with Gasteiger partial charge in [-0.3, -0.25) is 4.79 Å². The van der Waals surface area contributed by atoms with E-state index in [4.69, 9.17) is 9.15 Å². The van der Waals surface area contributed by atoms with Crippen LogP contribution >= 0.6 is 0 Å². The first-order chi connectivity index (χ1) is 11.6. The number of fused-ring (bicyclic) bond motifs is 2. The number of ether oxygens (including phenoxy) is 1. The van der Waals surface area contributed by atoms with Crippen molar-refractivity contribution in [1.82, 2.24) is 9.88 Å². The van der Waals surface area contributed by atoms with E-state index in [2.05, 4.69) is 11.9 Å². The largest absolute Gasteiger partial charge is 0.497 e. The number of hydrogen-bond donors (Lipinski definition) is 0. The summed E-state index contributed by atoms with van der Waals surface area (Å²) in [4.78, 5) is 19.1. The molecule has 1 fully saturated rings. The molecule has 2 aromatic heterocycles. The number of furan rings is 1. The van der Waals surface area contributed by atoms with Gasteiger partial charge < -0.3 is 14.1 Å². The Hall–Kier alpha value is -2.56. The van der Waals surface area contributed by atoms with Gasteiger partial charge in [0.2, 0.25) is 5.71 Å². The molecule has 1 saturated heterocycles. The minimum Gasteiger partial charge on any atom is -0.497 e. The lowest BCUT2D eigenvalue weighted by Gasteiger charge is -2.30. The molecule has 3 heterocycles. The molecule has 0 radical (unpaired) electrons. The van der Waals surface area contributed by atoms with Crippen LogP contribution in [0.25, 0.3) is 22.0 Å². The van der Waals surface area contributed by atoms with Gasteiger partial charge in [0.1, 0.15) is 5.75 Å². The van der Waals surface area contributed by atoms with E-state index in [0.717, 1.165) is 41.5 Å². The third-order valence-electron chi connectivity index (χ3n) is 4.67. The van der Waals surface area contributed by atoms with Crippen LogP contribution in [0, 0.1) is 5.92 Å². The zero-order valence-corrected chi connectivity index (χ0v) is 13.9. The van der Waals surface area contributed by atoms with Crippen LogP contribution in [0.1, 0.15) is 30.3 Å². The van der Waals surface area contributed by atoms with Crippen molar-refractivity contribution >= 4 is 27.9 Å². The summed E-state index contributed by atoms with van der Waals surface area (Å²) in [6, 6.07) is 9.52. The quantitative estimate of drug-likeness (QED) is 0.718. The van der Waals surface area contributed by atoms with Crippen LogP contribution in [-0.2, 0) is 0 Å². The predicted molar refractivity (Wildman–Crippen MR) is 92.4 cm³/mol. The van der Waals surface area contributed by atoms with Gasteiger partial charge in [0.25, 0.3) is 5.91 Å². The zero-order chi connectivity index (χ0) is 16.7. The van der Waals surface area contributed by atoms with Gasteiger partial charge in [0.05, 0.1) is 12.6 Å². The fraction of sp³-hybridized carbons (Fsp3) is 0.368. The number of benzene rings is 1. The average molecular weight is 324 g/mol. The van der Waals surface area contributed by atoms with Gasteiger partial charge in [-0.05, 0) is 43.0 Å². The van der Waals surface area contributed by atoms with Gasteiger partial charge in [-0.2, -0.15) is 0 Å². The Morgan fingerprint density at radius 2 is 2.17 bits per heavy atom. The lowest BCUT2D eigenvalue weighted by atomic mass is 10.0. The Morgan fingerprint density at radius 3 is 2.96 bits per heavy atom. The minimum absolute atomic E-state index is 0.0406. The second-order valence-corrected chi connectivity index (χ2v) is 6.55. The third kappa shape index (κ3) is 2.60. The smallest absolute Gasteiger partial charge is 0.289 e. The fourth-order valence-electron chi connectivity index (χ4n) is 3.37. The first-order valence-corrected chi connectivity index (χ1v) is 8.31. The number of amides is 1. The molecule has 24 heavy (non-hydrogen) atoms. The number of carbonyl (C=O) groups excluding carboxylic acids is 1. The van der Waals surface area contributed by atoms with Crippen LogP contribution in [0.3, 0.4) is 0 Å². The average Bonchev–Trinajstić information content (AvgIpc) is 3.01. The summed E-state index contributed by atoms with van der Waals surface area (Å²) in [6.45, 7) is 3.77. The predicted octanol–water partition coefficient (Wildman–Crippen LogP) is 3.86. The molecular formula is C19H20N2O3. The Kier molecular flexibility index (Phi) is 3.63. The number of hydrogen-bond acceptors (Lipinski definition) is 4. The number of pyridine rings is 1. The molecule has 4 rings (SSSR count). The molecule has 124 valence electrons. The van der Waals surface area contributed by atoms with Crippen LogP contribution in [0.15, 0.2) is 34.7 Å². The number of nitrogens with zero attached hydrogens (tertiary/aromatic N) is 2. The fourth-order valence-corrected chi connectivity index (χ4v) is 3.37. The minimum atomic E-state index is -0.0406. The van der Waals surface area contributed by atoms with Crippen molar-refractivity contribution in [2.75, 3.05) is 20.2 Å². The van der Waals surface area contributed by atoms with Crippen molar-refractivity contribution in [2.45, 2.75) is 19.8 Å². The lowest BCUT2D eigenvalue weighted by molar-refractivity contribution is 0.0653. The zero-order valence-electron chi connectivity index (χ0n) is 13.9. The maximum Gasteiger partial charge on any atom is 0.289 e. The number of carbonyl (C=O) groups is 1. The molecule has 0 saturated carbocycles. The monoisotopic (exact) mass is 324 g/mol. The van der Waals surface area contributed by atoms with Gasteiger partial charge in [-0.1, -0.05) is 6.92 Å². The van der Waals surface area contributed by atoms with E-state index in [9.17, 15) is 4.79 Å². The van der Waals surface area contributed by atoms with Gasteiger partial charge >= 0.3 is 0 Å². The summed E-state index contributed by atoms with van der Waals surface area (Å²) in [7, 11) is 1.63. The van der Waals surface area contributed by atoms with Crippen LogP contribution in [0.4, 0.5) is 0 Å². The van der Waals surface area contributed by atoms with Crippen LogP contribution in [0.2, 0.25) is 0 Å². The van der Waals surface area contributed by atoms with E-state index in [0.29, 0.717) is 17.4 Å². The molecule has 3 aromatic rings. The normalized spacial score (nSPS) is 18.2. The first-order valence-electron chi connectivity index (χ1n) is 8.31. The molecule has 0 bridgehead atoms. The summed E-state index contributed by atoms with van der Waals surface area (Å²) < 4.78 is 11.0. The molecule has 1 aliphatic rings. The molecule has 1 amide bonds. The Balaban J connectivity index is 1.71. The van der Waals surface area contributed by atoms with Crippen molar-refractivity contribution in [3.8, 4) is 5.75 Å². The van der Waals surface area contributed by atoms with Crippen molar-refractivity contribution in [3.05, 3.63) is 36.1 Å². The Bertz CT molecular complexity index is 916. The Morgan fingerprint density at radius 1 is 1.29 bits per heavy atom. The van der Waals surface area contributed by atoms with Crippen LogP contribution in [-0.4, -0.2) is 36.0 Å². The summed E-state index contributed by atoms with van der Waals surface area (Å²) in [6.07, 6.45) is 2.23. The first kappa shape index (κ1) is 15.0. The SMILES string of the molecule is COc1ccc2cc3cc(C(=O)N4CCC[C@H](C)C4)oc3nc2c1. The topological polar surface area (TPSA) is 55.6 Å². The molecule has 0 spiro atoms. The van der Waals surface area contributed by atoms with Gasteiger partial charge in [0.15, 0.2) is 5.76 Å². The summed E-state index contributed by atoms with van der Waals surface area (Å²) in [5.74, 6) is 1.62. The van der Waals surface area contributed by atoms with E-state index in [1.807, 2.05) is 29.2 Å². The molecular weight excluding hydrogens is 304 g/mol. The van der Waals surface area contributed by atoms with Gasteiger partial charge in [-0.25, -0.2) is 4.98 Å². The number of likely N-dealkylation sites (tertiary alicyclic amines) is 1. The maximum atomic E-state index is 12.7. The standard InChI is InChI=1S/C19H20N2O3/c1-12-4-3-7-21(11-12)19(22)17-9-14-8-13-5-6-15(23-2)10-16(13)20-18(14)24-17/h5-6,8-10,12H,3-4,7,11H2,1-2H3/t12-/m0/s1. The highest BCUT2D eigenvalue weighted by Gasteiger charge is 2.24. The highest BCUT2D eigenvalue weighted by Crippen LogP contribution is 2.27. The van der Waals surface area contributed by atoms with E-state index in [1.54, 1.807) is 13.2 Å². The highest BCUT2D eigenvalue weighted by atomic mass is 16.5. The molecule has 0 unspecified atom stereocenters.